The van der Waals surface area contributed by atoms with Gasteiger partial charge in [0.2, 0.25) is 0 Å². The Bertz CT molecular complexity index is 272. The van der Waals surface area contributed by atoms with E-state index in [2.05, 4.69) is 0 Å². The van der Waals surface area contributed by atoms with E-state index in [0.717, 1.165) is 0 Å². The van der Waals surface area contributed by atoms with E-state index in [9.17, 15) is 4.21 Å². The van der Waals surface area contributed by atoms with Gasteiger partial charge >= 0.3 is 11.4 Å². The molecule has 0 aromatic heterocycles. The van der Waals surface area contributed by atoms with Crippen molar-refractivity contribution in [3.63, 3.8) is 0 Å². The molecule has 0 aromatic carbocycles. The lowest BCUT2D eigenvalue weighted by Crippen LogP contribution is -2.25. The maximum absolute atomic E-state index is 11.4. The first kappa shape index (κ1) is 15.0. The smallest absolute Gasteiger partial charge is 0.304 e. The Hall–Kier alpha value is -0.0100. The van der Waals surface area contributed by atoms with Crippen molar-refractivity contribution in [3.05, 3.63) is 0 Å². The van der Waals surface area contributed by atoms with Crippen LogP contribution in [-0.2, 0) is 29.2 Å². The summed E-state index contributed by atoms with van der Waals surface area (Å²) in [6.07, 6.45) is -0.188. The lowest BCUT2D eigenvalue weighted by atomic mass is 9.99. The molecular weight excluding hydrogens is 244 g/mol. The van der Waals surface area contributed by atoms with Crippen molar-refractivity contribution >= 4 is 11.4 Å². The van der Waals surface area contributed by atoms with Crippen molar-refractivity contribution in [2.24, 2.45) is 5.41 Å². The van der Waals surface area contributed by atoms with Crippen molar-refractivity contribution in [1.29, 1.82) is 0 Å². The molecule has 0 amide bonds. The lowest BCUT2D eigenvalue weighted by molar-refractivity contribution is -0.141. The van der Waals surface area contributed by atoms with Gasteiger partial charge in [0.05, 0.1) is 19.8 Å². The van der Waals surface area contributed by atoms with E-state index in [-0.39, 0.29) is 18.1 Å². The van der Waals surface area contributed by atoms with Crippen LogP contribution in [0.5, 0.6) is 0 Å². The van der Waals surface area contributed by atoms with Crippen LogP contribution in [0, 0.1) is 5.41 Å². The first-order chi connectivity index (χ1) is 7.68. The van der Waals surface area contributed by atoms with E-state index >= 15 is 0 Å². The summed E-state index contributed by atoms with van der Waals surface area (Å²) in [6, 6.07) is 0. The molecule has 2 unspecified atom stereocenters. The predicted molar refractivity (Wildman–Crippen MR) is 64.4 cm³/mol. The van der Waals surface area contributed by atoms with Crippen molar-refractivity contribution in [2.75, 3.05) is 19.8 Å². The minimum atomic E-state index is -1.72. The van der Waals surface area contributed by atoms with Crippen LogP contribution in [0.4, 0.5) is 0 Å². The van der Waals surface area contributed by atoms with Crippen LogP contribution < -0.4 is 0 Å². The van der Waals surface area contributed by atoms with Gasteiger partial charge in [-0.05, 0) is 19.3 Å². The van der Waals surface area contributed by atoms with Crippen molar-refractivity contribution in [2.45, 2.75) is 46.5 Å². The Morgan fingerprint density at radius 3 is 2.47 bits per heavy atom. The second-order valence-corrected chi connectivity index (χ2v) is 6.64. The quantitative estimate of drug-likeness (QED) is 0.759. The van der Waals surface area contributed by atoms with Gasteiger partial charge in [-0.15, -0.1) is 0 Å². The second-order valence-electron chi connectivity index (χ2n) is 5.76. The Labute approximate surface area is 106 Å². The first-order valence-corrected chi connectivity index (χ1v) is 6.68. The van der Waals surface area contributed by atoms with Gasteiger partial charge in [0.15, 0.2) is 5.79 Å². The van der Waals surface area contributed by atoms with Gasteiger partial charge < -0.3 is 9.47 Å². The molecule has 0 saturated carbocycles. The molecule has 1 heterocycles. The molecule has 1 aliphatic rings. The molecule has 0 aromatic rings. The van der Waals surface area contributed by atoms with Crippen LogP contribution in [0.3, 0.4) is 0 Å². The predicted octanol–water partition coefficient (Wildman–Crippen LogP) is 1.80. The van der Waals surface area contributed by atoms with E-state index in [1.54, 1.807) is 0 Å². The maximum Gasteiger partial charge on any atom is 0.304 e. The van der Waals surface area contributed by atoms with Crippen LogP contribution in [0.25, 0.3) is 0 Å². The molecule has 5 nitrogen and oxygen atoms in total. The van der Waals surface area contributed by atoms with Gasteiger partial charge in [-0.25, -0.2) is 0 Å². The van der Waals surface area contributed by atoms with Crippen molar-refractivity contribution in [1.82, 2.24) is 0 Å². The minimum absolute atomic E-state index is 0.0337. The molecule has 1 fully saturated rings. The van der Waals surface area contributed by atoms with Crippen LogP contribution in [-0.4, -0.2) is 35.9 Å². The number of ether oxygens (including phenoxy) is 2. The molecule has 0 bridgehead atoms. The van der Waals surface area contributed by atoms with Crippen molar-refractivity contribution in [3.8, 4) is 0 Å². The van der Waals surface area contributed by atoms with Crippen molar-refractivity contribution < 1.29 is 22.0 Å². The van der Waals surface area contributed by atoms with Crippen LogP contribution in [0.15, 0.2) is 0 Å². The van der Waals surface area contributed by atoms with Crippen LogP contribution >= 0.6 is 0 Å². The van der Waals surface area contributed by atoms with E-state index < -0.39 is 17.1 Å². The molecule has 0 radical (unpaired) electrons. The highest BCUT2D eigenvalue weighted by molar-refractivity contribution is 7.75. The molecule has 6 heteroatoms. The molecule has 1 saturated heterocycles. The molecule has 1 rings (SSSR count). The Kier molecular flexibility index (Phi) is 5.09. The summed E-state index contributed by atoms with van der Waals surface area (Å²) < 4.78 is 32.4. The largest absolute Gasteiger partial charge is 0.348 e. The molecule has 0 aliphatic carbocycles. The normalized spacial score (nSPS) is 26.1. The van der Waals surface area contributed by atoms with Gasteiger partial charge in [0.25, 0.3) is 0 Å². The monoisotopic (exact) mass is 266 g/mol. The average Bonchev–Trinajstić information content (AvgIpc) is 2.51. The number of rotatable bonds is 5. The summed E-state index contributed by atoms with van der Waals surface area (Å²) in [6.45, 7) is 10.7. The van der Waals surface area contributed by atoms with E-state index in [1.165, 1.54) is 0 Å². The lowest BCUT2D eigenvalue weighted by Gasteiger charge is -2.18. The average molecular weight is 266 g/mol. The topological polar surface area (TPSA) is 54.0 Å². The zero-order valence-electron chi connectivity index (χ0n) is 11.1. The summed E-state index contributed by atoms with van der Waals surface area (Å²) in [7, 11) is 0. The zero-order chi connectivity index (χ0) is 13.1. The minimum Gasteiger partial charge on any atom is -0.348 e. The van der Waals surface area contributed by atoms with Gasteiger partial charge in [-0.2, -0.15) is 4.21 Å². The molecule has 2 atom stereocenters. The Morgan fingerprint density at radius 2 is 2.00 bits per heavy atom. The van der Waals surface area contributed by atoms with E-state index in [0.29, 0.717) is 13.2 Å². The third-order valence-corrected chi connectivity index (χ3v) is 2.64. The summed E-state index contributed by atoms with van der Waals surface area (Å²) in [5, 5.41) is 0. The fourth-order valence-electron chi connectivity index (χ4n) is 1.24. The molecule has 17 heavy (non-hydrogen) atoms. The third kappa shape index (κ3) is 6.47. The van der Waals surface area contributed by atoms with Gasteiger partial charge in [0.1, 0.15) is 6.10 Å². The van der Waals surface area contributed by atoms with Gasteiger partial charge in [0, 0.05) is 0 Å². The molecule has 102 valence electrons. The SMILES string of the molecule is CC(C)(C)COS(=O)OCC1COC(C)(C)O1. The highest BCUT2D eigenvalue weighted by Crippen LogP contribution is 2.22. The fraction of sp³-hybridized carbons (Fsp3) is 1.00. The van der Waals surface area contributed by atoms with Crippen LogP contribution in [0.2, 0.25) is 0 Å². The number of hydrogen-bond acceptors (Lipinski definition) is 5. The first-order valence-electron chi connectivity index (χ1n) is 5.68. The van der Waals surface area contributed by atoms with Gasteiger partial charge in [-0.1, -0.05) is 20.8 Å². The zero-order valence-corrected chi connectivity index (χ0v) is 12.0. The summed E-state index contributed by atoms with van der Waals surface area (Å²) in [5.74, 6) is -0.582. The maximum atomic E-state index is 11.4. The molecule has 1 aliphatic heterocycles. The molecule has 0 N–H and O–H groups in total. The van der Waals surface area contributed by atoms with E-state index in [1.807, 2.05) is 34.6 Å². The summed E-state index contributed by atoms with van der Waals surface area (Å²) in [5.41, 5.74) is -0.0337. The number of hydrogen-bond donors (Lipinski definition) is 0. The molecular formula is C11H22O5S. The van der Waals surface area contributed by atoms with E-state index in [4.69, 9.17) is 17.8 Å². The summed E-state index contributed by atoms with van der Waals surface area (Å²) >= 11 is -1.72. The highest BCUT2D eigenvalue weighted by Gasteiger charge is 2.33. The molecule has 0 spiro atoms. The van der Waals surface area contributed by atoms with Gasteiger partial charge in [-0.3, -0.25) is 8.37 Å². The summed E-state index contributed by atoms with van der Waals surface area (Å²) in [4.78, 5) is 0. The third-order valence-electron chi connectivity index (χ3n) is 2.01. The Morgan fingerprint density at radius 1 is 1.35 bits per heavy atom. The Balaban J connectivity index is 2.17. The fourth-order valence-corrected chi connectivity index (χ4v) is 2.02. The van der Waals surface area contributed by atoms with Crippen LogP contribution in [0.1, 0.15) is 34.6 Å². The highest BCUT2D eigenvalue weighted by atomic mass is 32.2. The standard InChI is InChI=1S/C11H22O5S/c1-10(2,3)8-15-17(12)14-7-9-6-13-11(4,5)16-9/h9H,6-8H2,1-5H3. The second kappa shape index (κ2) is 5.75.